The molecule has 0 aromatic rings. The summed E-state index contributed by atoms with van der Waals surface area (Å²) in [4.78, 5) is 20.8. The molecule has 0 saturated carbocycles. The van der Waals surface area contributed by atoms with Crippen molar-refractivity contribution in [3.8, 4) is 0 Å². The minimum Gasteiger partial charge on any atom is -0.465 e. The Labute approximate surface area is 104 Å². The third-order valence-electron chi connectivity index (χ3n) is 2.11. The SMILES string of the molecule is CC(=O)OCC(C)(C)C.O=C1CCCCCN1. The van der Waals surface area contributed by atoms with Gasteiger partial charge in [0.05, 0.1) is 6.61 Å². The lowest BCUT2D eigenvalue weighted by Gasteiger charge is -2.16. The van der Waals surface area contributed by atoms with Gasteiger partial charge in [0.15, 0.2) is 0 Å². The van der Waals surface area contributed by atoms with Gasteiger partial charge in [-0.1, -0.05) is 27.2 Å². The molecule has 4 nitrogen and oxygen atoms in total. The largest absolute Gasteiger partial charge is 0.465 e. The molecular formula is C13H25NO3. The Hall–Kier alpha value is -1.06. The molecule has 0 aliphatic carbocycles. The maximum absolute atomic E-state index is 10.6. The van der Waals surface area contributed by atoms with Gasteiger partial charge in [-0.25, -0.2) is 0 Å². The third-order valence-corrected chi connectivity index (χ3v) is 2.11. The molecule has 0 spiro atoms. The first-order valence-corrected chi connectivity index (χ1v) is 6.21. The Balaban J connectivity index is 0.000000302. The number of carbonyl (C=O) groups excluding carboxylic acids is 2. The maximum Gasteiger partial charge on any atom is 0.302 e. The van der Waals surface area contributed by atoms with E-state index in [1.807, 2.05) is 20.8 Å². The van der Waals surface area contributed by atoms with E-state index >= 15 is 0 Å². The van der Waals surface area contributed by atoms with Crippen molar-refractivity contribution < 1.29 is 14.3 Å². The molecule has 0 aromatic carbocycles. The van der Waals surface area contributed by atoms with Gasteiger partial charge in [-0.2, -0.15) is 0 Å². The fourth-order valence-electron chi connectivity index (χ4n) is 1.22. The first kappa shape index (κ1) is 15.9. The van der Waals surface area contributed by atoms with Crippen LogP contribution in [0, 0.1) is 5.41 Å². The molecule has 1 aliphatic heterocycles. The predicted molar refractivity (Wildman–Crippen MR) is 67.6 cm³/mol. The second kappa shape index (κ2) is 8.09. The van der Waals surface area contributed by atoms with Crippen LogP contribution in [0.3, 0.4) is 0 Å². The molecule has 0 bridgehead atoms. The zero-order valence-corrected chi connectivity index (χ0v) is 11.5. The lowest BCUT2D eigenvalue weighted by atomic mass is 9.99. The van der Waals surface area contributed by atoms with Crippen LogP contribution in [0.5, 0.6) is 0 Å². The number of hydrogen-bond donors (Lipinski definition) is 1. The fourth-order valence-corrected chi connectivity index (χ4v) is 1.22. The summed E-state index contributed by atoms with van der Waals surface area (Å²) in [5.74, 6) is 0.0208. The summed E-state index contributed by atoms with van der Waals surface area (Å²) < 4.78 is 4.77. The standard InChI is InChI=1S/C7H14O2.C6H11NO/c1-6(8)9-5-7(2,3)4;8-6-4-2-1-3-5-7-6/h5H2,1-4H3;1-5H2,(H,7,8). The van der Waals surface area contributed by atoms with Crippen molar-refractivity contribution >= 4 is 11.9 Å². The average Bonchev–Trinajstić information content (AvgIpc) is 2.43. The molecule has 1 saturated heterocycles. The Bertz CT molecular complexity index is 234. The topological polar surface area (TPSA) is 55.4 Å². The van der Waals surface area contributed by atoms with Gasteiger partial charge in [0.1, 0.15) is 0 Å². The van der Waals surface area contributed by atoms with Crippen molar-refractivity contribution in [1.29, 1.82) is 0 Å². The molecule has 4 heteroatoms. The minimum atomic E-state index is -0.204. The Morgan fingerprint density at radius 1 is 1.29 bits per heavy atom. The normalized spacial score (nSPS) is 16.1. The highest BCUT2D eigenvalue weighted by Crippen LogP contribution is 2.12. The van der Waals surface area contributed by atoms with E-state index in [0.717, 1.165) is 25.8 Å². The highest BCUT2D eigenvalue weighted by molar-refractivity contribution is 5.75. The molecular weight excluding hydrogens is 218 g/mol. The summed E-state index contributed by atoms with van der Waals surface area (Å²) in [6.07, 6.45) is 4.18. The number of hydrogen-bond acceptors (Lipinski definition) is 3. The minimum absolute atomic E-state index is 0.0890. The number of carbonyl (C=O) groups is 2. The van der Waals surface area contributed by atoms with Crippen LogP contribution in [-0.4, -0.2) is 25.0 Å². The van der Waals surface area contributed by atoms with Crippen molar-refractivity contribution in [2.75, 3.05) is 13.2 Å². The molecule has 1 fully saturated rings. The highest BCUT2D eigenvalue weighted by atomic mass is 16.5. The Morgan fingerprint density at radius 3 is 2.41 bits per heavy atom. The fraction of sp³-hybridized carbons (Fsp3) is 0.846. The molecule has 1 heterocycles. The van der Waals surface area contributed by atoms with Gasteiger partial charge >= 0.3 is 5.97 Å². The quantitative estimate of drug-likeness (QED) is 0.719. The zero-order chi connectivity index (χ0) is 13.3. The molecule has 0 atom stereocenters. The van der Waals surface area contributed by atoms with Crippen LogP contribution < -0.4 is 5.32 Å². The molecule has 1 aliphatic rings. The van der Waals surface area contributed by atoms with Gasteiger partial charge in [-0.15, -0.1) is 0 Å². The number of amides is 1. The summed E-state index contributed by atoms with van der Waals surface area (Å²) in [6, 6.07) is 0. The van der Waals surface area contributed by atoms with Crippen LogP contribution in [0.2, 0.25) is 0 Å². The molecule has 1 N–H and O–H groups in total. The van der Waals surface area contributed by atoms with E-state index < -0.39 is 0 Å². The second-order valence-corrected chi connectivity index (χ2v) is 5.50. The van der Waals surface area contributed by atoms with Gasteiger partial charge in [-0.05, 0) is 18.3 Å². The van der Waals surface area contributed by atoms with Crippen molar-refractivity contribution in [2.45, 2.75) is 53.4 Å². The summed E-state index contributed by atoms with van der Waals surface area (Å²) in [5, 5.41) is 2.81. The van der Waals surface area contributed by atoms with Crippen LogP contribution in [-0.2, 0) is 14.3 Å². The van der Waals surface area contributed by atoms with Gasteiger partial charge in [0.2, 0.25) is 5.91 Å². The van der Waals surface area contributed by atoms with Crippen LogP contribution in [0.1, 0.15) is 53.4 Å². The summed E-state index contributed by atoms with van der Waals surface area (Å²) in [6.45, 7) is 8.88. The molecule has 17 heavy (non-hydrogen) atoms. The first-order valence-electron chi connectivity index (χ1n) is 6.21. The molecule has 0 unspecified atom stereocenters. The lowest BCUT2D eigenvalue weighted by Crippen LogP contribution is -2.21. The van der Waals surface area contributed by atoms with E-state index in [1.54, 1.807) is 0 Å². The third kappa shape index (κ3) is 12.9. The monoisotopic (exact) mass is 243 g/mol. The lowest BCUT2D eigenvalue weighted by molar-refractivity contribution is -0.143. The van der Waals surface area contributed by atoms with Crippen molar-refractivity contribution in [1.82, 2.24) is 5.32 Å². The van der Waals surface area contributed by atoms with Gasteiger partial charge in [-0.3, -0.25) is 9.59 Å². The van der Waals surface area contributed by atoms with Gasteiger partial charge in [0.25, 0.3) is 0 Å². The summed E-state index contributed by atoms with van der Waals surface area (Å²) >= 11 is 0. The van der Waals surface area contributed by atoms with E-state index in [0.29, 0.717) is 6.61 Å². The van der Waals surface area contributed by atoms with Crippen LogP contribution in [0.4, 0.5) is 0 Å². The average molecular weight is 243 g/mol. The molecule has 100 valence electrons. The van der Waals surface area contributed by atoms with Crippen molar-refractivity contribution in [2.24, 2.45) is 5.41 Å². The van der Waals surface area contributed by atoms with Crippen LogP contribution in [0.15, 0.2) is 0 Å². The smallest absolute Gasteiger partial charge is 0.302 e. The van der Waals surface area contributed by atoms with Gasteiger partial charge in [0, 0.05) is 19.9 Å². The first-order chi connectivity index (χ1) is 7.81. The molecule has 0 aromatic heterocycles. The maximum atomic E-state index is 10.6. The zero-order valence-electron chi connectivity index (χ0n) is 11.5. The van der Waals surface area contributed by atoms with E-state index in [2.05, 4.69) is 5.32 Å². The number of rotatable bonds is 1. The van der Waals surface area contributed by atoms with Crippen molar-refractivity contribution in [3.63, 3.8) is 0 Å². The van der Waals surface area contributed by atoms with Crippen LogP contribution in [0.25, 0.3) is 0 Å². The molecule has 0 radical (unpaired) electrons. The van der Waals surface area contributed by atoms with Gasteiger partial charge < -0.3 is 10.1 Å². The Kier molecular flexibility index (Phi) is 7.59. The van der Waals surface area contributed by atoms with Crippen LogP contribution >= 0.6 is 0 Å². The van der Waals surface area contributed by atoms with E-state index in [4.69, 9.17) is 4.74 Å². The summed E-state index contributed by atoms with van der Waals surface area (Å²) in [7, 11) is 0. The predicted octanol–water partition coefficient (Wildman–Crippen LogP) is 2.27. The number of ether oxygens (including phenoxy) is 1. The number of nitrogens with one attached hydrogen (secondary N) is 1. The molecule has 1 rings (SSSR count). The summed E-state index contributed by atoms with van der Waals surface area (Å²) in [5.41, 5.74) is 0.0890. The Morgan fingerprint density at radius 2 is 1.94 bits per heavy atom. The highest BCUT2D eigenvalue weighted by Gasteiger charge is 2.11. The van der Waals surface area contributed by atoms with Crippen molar-refractivity contribution in [3.05, 3.63) is 0 Å². The van der Waals surface area contributed by atoms with E-state index in [1.165, 1.54) is 13.3 Å². The second-order valence-electron chi connectivity index (χ2n) is 5.50. The molecule has 1 amide bonds. The van der Waals surface area contributed by atoms with E-state index in [-0.39, 0.29) is 17.3 Å². The number of esters is 1. The van der Waals surface area contributed by atoms with E-state index in [9.17, 15) is 9.59 Å².